The van der Waals surface area contributed by atoms with Crippen molar-refractivity contribution in [2.75, 3.05) is 18.1 Å². The standard InChI is InChI=1S/C10H12N4O4S2/c1-20(17,18)9-7-8(14(15)16)10(19-9)11-4-6-13-5-2-3-12-13/h2-3,5,7,11H,4,6H2,1H3. The first-order chi connectivity index (χ1) is 9.38. The predicted octanol–water partition coefficient (Wildman–Crippen LogP) is 1.37. The Morgan fingerprint density at radius 2 is 2.30 bits per heavy atom. The van der Waals surface area contributed by atoms with Crippen LogP contribution in [0.1, 0.15) is 0 Å². The maximum atomic E-state index is 11.4. The Kier molecular flexibility index (Phi) is 4.04. The Balaban J connectivity index is 2.13. The molecule has 0 saturated heterocycles. The molecule has 0 aliphatic carbocycles. The van der Waals surface area contributed by atoms with Crippen LogP contribution in [0.2, 0.25) is 0 Å². The third-order valence-corrected chi connectivity index (χ3v) is 5.32. The van der Waals surface area contributed by atoms with Gasteiger partial charge < -0.3 is 5.32 Å². The highest BCUT2D eigenvalue weighted by Crippen LogP contribution is 2.36. The average Bonchev–Trinajstić information content (AvgIpc) is 2.96. The fraction of sp³-hybridized carbons (Fsp3) is 0.300. The third-order valence-electron chi connectivity index (χ3n) is 2.44. The van der Waals surface area contributed by atoms with E-state index in [9.17, 15) is 18.5 Å². The molecule has 2 aromatic rings. The fourth-order valence-electron chi connectivity index (χ4n) is 1.52. The molecule has 0 radical (unpaired) electrons. The van der Waals surface area contributed by atoms with Crippen molar-refractivity contribution in [3.8, 4) is 0 Å². The van der Waals surface area contributed by atoms with Crippen LogP contribution in [-0.2, 0) is 16.4 Å². The van der Waals surface area contributed by atoms with Crippen LogP contribution in [0.25, 0.3) is 0 Å². The van der Waals surface area contributed by atoms with Gasteiger partial charge in [-0.2, -0.15) is 5.10 Å². The van der Waals surface area contributed by atoms with Gasteiger partial charge in [0.05, 0.1) is 11.5 Å². The molecule has 2 aromatic heterocycles. The van der Waals surface area contributed by atoms with E-state index in [4.69, 9.17) is 0 Å². The number of sulfone groups is 1. The average molecular weight is 316 g/mol. The Bertz CT molecular complexity index is 706. The van der Waals surface area contributed by atoms with Crippen molar-refractivity contribution in [3.05, 3.63) is 34.6 Å². The first-order valence-corrected chi connectivity index (χ1v) is 8.28. The van der Waals surface area contributed by atoms with Crippen LogP contribution in [0, 0.1) is 10.1 Å². The summed E-state index contributed by atoms with van der Waals surface area (Å²) in [6.45, 7) is 0.933. The highest BCUT2D eigenvalue weighted by atomic mass is 32.2. The van der Waals surface area contributed by atoms with Gasteiger partial charge in [-0.1, -0.05) is 11.3 Å². The smallest absolute Gasteiger partial charge is 0.304 e. The van der Waals surface area contributed by atoms with Gasteiger partial charge in [0, 0.05) is 31.3 Å². The fourth-order valence-corrected chi connectivity index (χ4v) is 3.49. The molecule has 0 atom stereocenters. The number of anilines is 1. The summed E-state index contributed by atoms with van der Waals surface area (Å²) in [5.41, 5.74) is -0.226. The molecule has 0 aromatic carbocycles. The lowest BCUT2D eigenvalue weighted by molar-refractivity contribution is -0.383. The summed E-state index contributed by atoms with van der Waals surface area (Å²) in [5, 5.41) is 18.0. The lowest BCUT2D eigenvalue weighted by Crippen LogP contribution is -2.10. The van der Waals surface area contributed by atoms with Gasteiger partial charge >= 0.3 is 5.69 Å². The number of nitrogens with zero attached hydrogens (tertiary/aromatic N) is 3. The van der Waals surface area contributed by atoms with Crippen LogP contribution in [-0.4, -0.2) is 35.9 Å². The summed E-state index contributed by atoms with van der Waals surface area (Å²) in [6.07, 6.45) is 4.43. The molecule has 0 aliphatic rings. The molecule has 0 spiro atoms. The third kappa shape index (κ3) is 3.33. The van der Waals surface area contributed by atoms with Gasteiger partial charge in [0.1, 0.15) is 4.21 Å². The van der Waals surface area contributed by atoms with Gasteiger partial charge in [-0.3, -0.25) is 14.8 Å². The normalized spacial score (nSPS) is 11.4. The van der Waals surface area contributed by atoms with Crippen molar-refractivity contribution in [3.63, 3.8) is 0 Å². The molecule has 2 heterocycles. The molecular formula is C10H12N4O4S2. The van der Waals surface area contributed by atoms with Gasteiger partial charge in [-0.15, -0.1) is 0 Å². The van der Waals surface area contributed by atoms with Crippen molar-refractivity contribution >= 4 is 31.9 Å². The molecule has 10 heteroatoms. The molecule has 1 N–H and O–H groups in total. The molecule has 0 saturated carbocycles. The Morgan fingerprint density at radius 3 is 2.85 bits per heavy atom. The van der Waals surface area contributed by atoms with Crippen molar-refractivity contribution in [1.29, 1.82) is 0 Å². The van der Waals surface area contributed by atoms with E-state index in [1.807, 2.05) is 0 Å². The Labute approximate surface area is 119 Å². The van der Waals surface area contributed by atoms with Gasteiger partial charge in [0.15, 0.2) is 14.8 Å². The quantitative estimate of drug-likeness (QED) is 0.637. The molecule has 8 nitrogen and oxygen atoms in total. The maximum absolute atomic E-state index is 11.4. The molecule has 0 bridgehead atoms. The zero-order chi connectivity index (χ0) is 14.8. The minimum atomic E-state index is -3.45. The van der Waals surface area contributed by atoms with E-state index in [1.165, 1.54) is 0 Å². The number of nitro groups is 1. The zero-order valence-corrected chi connectivity index (χ0v) is 12.1. The monoisotopic (exact) mass is 316 g/mol. The van der Waals surface area contributed by atoms with Crippen molar-refractivity contribution in [2.45, 2.75) is 10.8 Å². The van der Waals surface area contributed by atoms with Crippen LogP contribution < -0.4 is 5.32 Å². The Morgan fingerprint density at radius 1 is 1.55 bits per heavy atom. The van der Waals surface area contributed by atoms with Gasteiger partial charge in [0.25, 0.3) is 0 Å². The topological polar surface area (TPSA) is 107 Å². The molecule has 0 unspecified atom stereocenters. The number of thiophene rings is 1. The summed E-state index contributed by atoms with van der Waals surface area (Å²) in [6, 6.07) is 2.85. The van der Waals surface area contributed by atoms with E-state index in [0.717, 1.165) is 23.7 Å². The second-order valence-electron chi connectivity index (χ2n) is 4.00. The number of hydrogen-bond acceptors (Lipinski definition) is 7. The highest BCUT2D eigenvalue weighted by Gasteiger charge is 2.23. The number of hydrogen-bond donors (Lipinski definition) is 1. The van der Waals surface area contributed by atoms with Crippen LogP contribution in [0.5, 0.6) is 0 Å². The van der Waals surface area contributed by atoms with E-state index < -0.39 is 14.8 Å². The first-order valence-electron chi connectivity index (χ1n) is 5.57. The summed E-state index contributed by atoms with van der Waals surface area (Å²) in [4.78, 5) is 10.3. The van der Waals surface area contributed by atoms with E-state index >= 15 is 0 Å². The lowest BCUT2D eigenvalue weighted by atomic mass is 10.5. The molecule has 0 fully saturated rings. The molecule has 20 heavy (non-hydrogen) atoms. The summed E-state index contributed by atoms with van der Waals surface area (Å²) in [5.74, 6) is 0. The second kappa shape index (κ2) is 5.59. The number of rotatable bonds is 6. The molecule has 108 valence electrons. The Hall–Kier alpha value is -1.94. The first kappa shape index (κ1) is 14.5. The van der Waals surface area contributed by atoms with Crippen LogP contribution in [0.15, 0.2) is 28.7 Å². The molecule has 2 rings (SSSR count). The van der Waals surface area contributed by atoms with Crippen LogP contribution in [0.4, 0.5) is 10.7 Å². The van der Waals surface area contributed by atoms with Gasteiger partial charge in [-0.25, -0.2) is 8.42 Å². The molecule has 0 amide bonds. The minimum Gasteiger partial charge on any atom is -0.369 e. The van der Waals surface area contributed by atoms with Gasteiger partial charge in [-0.05, 0) is 6.07 Å². The highest BCUT2D eigenvalue weighted by molar-refractivity contribution is 7.92. The van der Waals surface area contributed by atoms with E-state index in [-0.39, 0.29) is 14.9 Å². The second-order valence-corrected chi connectivity index (χ2v) is 7.30. The van der Waals surface area contributed by atoms with Crippen molar-refractivity contribution in [2.24, 2.45) is 0 Å². The van der Waals surface area contributed by atoms with E-state index in [2.05, 4.69) is 10.4 Å². The summed E-state index contributed by atoms with van der Waals surface area (Å²) in [7, 11) is -3.45. The largest absolute Gasteiger partial charge is 0.369 e. The van der Waals surface area contributed by atoms with Crippen LogP contribution >= 0.6 is 11.3 Å². The van der Waals surface area contributed by atoms with Crippen molar-refractivity contribution < 1.29 is 13.3 Å². The van der Waals surface area contributed by atoms with Crippen molar-refractivity contribution in [1.82, 2.24) is 9.78 Å². The summed E-state index contributed by atoms with van der Waals surface area (Å²) >= 11 is 0.862. The molecule has 0 aliphatic heterocycles. The lowest BCUT2D eigenvalue weighted by Gasteiger charge is -2.03. The van der Waals surface area contributed by atoms with E-state index in [1.54, 1.807) is 23.1 Å². The number of nitrogens with one attached hydrogen (secondary N) is 1. The SMILES string of the molecule is CS(=O)(=O)c1cc([N+](=O)[O-])c(NCCn2cccn2)s1. The van der Waals surface area contributed by atoms with Crippen LogP contribution in [0.3, 0.4) is 0 Å². The van der Waals surface area contributed by atoms with Gasteiger partial charge in [0.2, 0.25) is 0 Å². The zero-order valence-electron chi connectivity index (χ0n) is 10.5. The van der Waals surface area contributed by atoms with E-state index in [0.29, 0.717) is 13.1 Å². The summed E-state index contributed by atoms with van der Waals surface area (Å²) < 4.78 is 24.5. The predicted molar refractivity (Wildman–Crippen MR) is 74.8 cm³/mol. The minimum absolute atomic E-state index is 0.0224. The number of aromatic nitrogens is 2. The molecular weight excluding hydrogens is 304 g/mol. The maximum Gasteiger partial charge on any atom is 0.304 e.